The quantitative estimate of drug-likeness (QED) is 0.704. The van der Waals surface area contributed by atoms with Gasteiger partial charge in [0, 0.05) is 12.4 Å². The summed E-state index contributed by atoms with van der Waals surface area (Å²) in [6.45, 7) is 8.03. The van der Waals surface area contributed by atoms with Crippen LogP contribution < -0.4 is 0 Å². The van der Waals surface area contributed by atoms with Crippen molar-refractivity contribution in [2.24, 2.45) is 5.92 Å². The molecule has 0 aromatic carbocycles. The van der Waals surface area contributed by atoms with E-state index < -0.39 is 5.41 Å². The molecular weight excluding hydrogens is 196 g/mol. The molecule has 0 aliphatic carbocycles. The molecule has 0 spiro atoms. The van der Waals surface area contributed by atoms with Crippen molar-refractivity contribution in [2.75, 3.05) is 0 Å². The molecule has 0 bridgehead atoms. The molecule has 1 rings (SSSR count). The summed E-state index contributed by atoms with van der Waals surface area (Å²) in [7, 11) is 0. The van der Waals surface area contributed by atoms with Crippen LogP contribution >= 0.6 is 0 Å². The third kappa shape index (κ3) is 2.70. The van der Waals surface area contributed by atoms with Crippen LogP contribution in [-0.2, 0) is 5.41 Å². The maximum absolute atomic E-state index is 9.49. The topological polar surface area (TPSA) is 36.7 Å². The van der Waals surface area contributed by atoms with Crippen molar-refractivity contribution < 1.29 is 0 Å². The monoisotopic (exact) mass is 214 g/mol. The van der Waals surface area contributed by atoms with Crippen LogP contribution in [0.1, 0.15) is 32.3 Å². The molecule has 1 heterocycles. The van der Waals surface area contributed by atoms with Gasteiger partial charge in [-0.25, -0.2) is 0 Å². The van der Waals surface area contributed by atoms with Crippen LogP contribution in [0.15, 0.2) is 37.2 Å². The fraction of sp³-hybridized carbons (Fsp3) is 0.429. The van der Waals surface area contributed by atoms with Gasteiger partial charge in [0.1, 0.15) is 0 Å². The van der Waals surface area contributed by atoms with E-state index in [0.717, 1.165) is 12.0 Å². The highest BCUT2D eigenvalue weighted by atomic mass is 14.6. The van der Waals surface area contributed by atoms with Gasteiger partial charge in [0.05, 0.1) is 11.5 Å². The lowest BCUT2D eigenvalue weighted by Gasteiger charge is -2.27. The van der Waals surface area contributed by atoms with E-state index in [2.05, 4.69) is 31.5 Å². The van der Waals surface area contributed by atoms with Gasteiger partial charge in [-0.3, -0.25) is 4.98 Å². The molecule has 16 heavy (non-hydrogen) atoms. The fourth-order valence-electron chi connectivity index (χ4n) is 2.09. The number of pyridine rings is 1. The van der Waals surface area contributed by atoms with Crippen molar-refractivity contribution in [1.29, 1.82) is 5.26 Å². The summed E-state index contributed by atoms with van der Waals surface area (Å²) in [5.74, 6) is 0.479. The number of aromatic nitrogens is 1. The van der Waals surface area contributed by atoms with E-state index in [1.54, 1.807) is 12.4 Å². The van der Waals surface area contributed by atoms with Crippen LogP contribution in [0.25, 0.3) is 0 Å². The Bertz CT molecular complexity index is 375. The second-order valence-corrected chi connectivity index (χ2v) is 4.52. The SMILES string of the molecule is C=CCC(C#N)(CC(C)C)c1ccncc1. The van der Waals surface area contributed by atoms with E-state index in [4.69, 9.17) is 0 Å². The van der Waals surface area contributed by atoms with Crippen molar-refractivity contribution in [1.82, 2.24) is 4.98 Å². The molecular formula is C14H18N2. The molecule has 0 N–H and O–H groups in total. The molecule has 1 aromatic heterocycles. The van der Waals surface area contributed by atoms with Crippen molar-refractivity contribution in [3.05, 3.63) is 42.7 Å². The van der Waals surface area contributed by atoms with Gasteiger partial charge in [-0.1, -0.05) is 19.9 Å². The predicted molar refractivity (Wildman–Crippen MR) is 65.8 cm³/mol. The third-order valence-corrected chi connectivity index (χ3v) is 2.70. The fourth-order valence-corrected chi connectivity index (χ4v) is 2.09. The largest absolute Gasteiger partial charge is 0.265 e. The van der Waals surface area contributed by atoms with E-state index in [-0.39, 0.29) is 0 Å². The van der Waals surface area contributed by atoms with Crippen LogP contribution in [0.2, 0.25) is 0 Å². The summed E-state index contributed by atoms with van der Waals surface area (Å²) in [6.07, 6.45) is 6.84. The summed E-state index contributed by atoms with van der Waals surface area (Å²) >= 11 is 0. The first-order valence-corrected chi connectivity index (χ1v) is 5.57. The van der Waals surface area contributed by atoms with Crippen LogP contribution in [0.3, 0.4) is 0 Å². The lowest BCUT2D eigenvalue weighted by Crippen LogP contribution is -2.25. The van der Waals surface area contributed by atoms with Gasteiger partial charge in [-0.2, -0.15) is 5.26 Å². The van der Waals surface area contributed by atoms with Crippen molar-refractivity contribution in [3.8, 4) is 6.07 Å². The van der Waals surface area contributed by atoms with Gasteiger partial charge in [0.25, 0.3) is 0 Å². The molecule has 1 unspecified atom stereocenters. The number of hydrogen-bond acceptors (Lipinski definition) is 2. The number of rotatable bonds is 5. The Kier molecular flexibility index (Phi) is 4.25. The zero-order valence-electron chi connectivity index (χ0n) is 9.98. The summed E-state index contributed by atoms with van der Waals surface area (Å²) < 4.78 is 0. The zero-order valence-corrected chi connectivity index (χ0v) is 9.98. The summed E-state index contributed by atoms with van der Waals surface area (Å²) in [4.78, 5) is 4.00. The molecule has 0 amide bonds. The normalized spacial score (nSPS) is 14.1. The average Bonchev–Trinajstić information content (AvgIpc) is 2.29. The van der Waals surface area contributed by atoms with E-state index in [0.29, 0.717) is 12.3 Å². The van der Waals surface area contributed by atoms with E-state index in [1.807, 2.05) is 18.2 Å². The van der Waals surface area contributed by atoms with Gasteiger partial charge in [0.2, 0.25) is 0 Å². The Hall–Kier alpha value is -1.62. The number of allylic oxidation sites excluding steroid dienone is 1. The Balaban J connectivity index is 3.13. The Morgan fingerprint density at radius 2 is 2.12 bits per heavy atom. The average molecular weight is 214 g/mol. The number of nitriles is 1. The summed E-state index contributed by atoms with van der Waals surface area (Å²) in [6, 6.07) is 6.32. The van der Waals surface area contributed by atoms with Crippen LogP contribution in [0.5, 0.6) is 0 Å². The third-order valence-electron chi connectivity index (χ3n) is 2.70. The molecule has 84 valence electrons. The smallest absolute Gasteiger partial charge is 0.0860 e. The first-order chi connectivity index (χ1) is 7.64. The standard InChI is InChI=1S/C14H18N2/c1-4-7-14(11-15,10-12(2)3)13-5-8-16-9-6-13/h4-6,8-9,12H,1,7,10H2,2-3H3. The molecule has 2 heteroatoms. The van der Waals surface area contributed by atoms with E-state index in [9.17, 15) is 5.26 Å². The highest BCUT2D eigenvalue weighted by molar-refractivity contribution is 5.31. The number of nitrogens with zero attached hydrogens (tertiary/aromatic N) is 2. The van der Waals surface area contributed by atoms with Crippen molar-refractivity contribution in [2.45, 2.75) is 32.1 Å². The second-order valence-electron chi connectivity index (χ2n) is 4.52. The maximum atomic E-state index is 9.49. The van der Waals surface area contributed by atoms with Crippen molar-refractivity contribution >= 4 is 0 Å². The first-order valence-electron chi connectivity index (χ1n) is 5.57. The molecule has 0 aliphatic rings. The molecule has 0 radical (unpaired) electrons. The van der Waals surface area contributed by atoms with E-state index in [1.165, 1.54) is 0 Å². The molecule has 1 atom stereocenters. The minimum Gasteiger partial charge on any atom is -0.265 e. The highest BCUT2D eigenvalue weighted by Crippen LogP contribution is 2.34. The molecule has 0 saturated carbocycles. The van der Waals surface area contributed by atoms with E-state index >= 15 is 0 Å². The minimum absolute atomic E-state index is 0.446. The lowest BCUT2D eigenvalue weighted by molar-refractivity contribution is 0.422. The zero-order chi connectivity index (χ0) is 12.0. The molecule has 0 fully saturated rings. The second kappa shape index (κ2) is 5.46. The van der Waals surface area contributed by atoms with Gasteiger partial charge in [-0.05, 0) is 36.5 Å². The predicted octanol–water partition coefficient (Wildman–Crippen LogP) is 3.47. The lowest BCUT2D eigenvalue weighted by atomic mass is 9.73. The van der Waals surface area contributed by atoms with Crippen molar-refractivity contribution in [3.63, 3.8) is 0 Å². The summed E-state index contributed by atoms with van der Waals surface area (Å²) in [5.41, 5.74) is 0.595. The van der Waals surface area contributed by atoms with Gasteiger partial charge < -0.3 is 0 Å². The van der Waals surface area contributed by atoms with Crippen LogP contribution in [0.4, 0.5) is 0 Å². The first kappa shape index (κ1) is 12.4. The van der Waals surface area contributed by atoms with Gasteiger partial charge in [0.15, 0.2) is 0 Å². The Morgan fingerprint density at radius 1 is 1.50 bits per heavy atom. The highest BCUT2D eigenvalue weighted by Gasteiger charge is 2.31. The molecule has 2 nitrogen and oxygen atoms in total. The van der Waals surface area contributed by atoms with Crippen LogP contribution in [-0.4, -0.2) is 4.98 Å². The maximum Gasteiger partial charge on any atom is 0.0860 e. The van der Waals surface area contributed by atoms with Gasteiger partial charge in [-0.15, -0.1) is 6.58 Å². The Morgan fingerprint density at radius 3 is 2.56 bits per heavy atom. The molecule has 1 aromatic rings. The summed E-state index contributed by atoms with van der Waals surface area (Å²) in [5, 5.41) is 9.49. The molecule has 0 saturated heterocycles. The molecule has 0 aliphatic heterocycles. The minimum atomic E-state index is -0.446. The number of hydrogen-bond donors (Lipinski definition) is 0. The van der Waals surface area contributed by atoms with Gasteiger partial charge >= 0.3 is 0 Å². The Labute approximate surface area is 97.6 Å². The van der Waals surface area contributed by atoms with Crippen LogP contribution in [0, 0.1) is 17.2 Å².